The van der Waals surface area contributed by atoms with Gasteiger partial charge in [0.05, 0.1) is 19.3 Å². The van der Waals surface area contributed by atoms with Gasteiger partial charge in [0, 0.05) is 23.7 Å². The van der Waals surface area contributed by atoms with Crippen molar-refractivity contribution in [2.75, 3.05) is 6.54 Å². The minimum absolute atomic E-state index is 0.0678. The number of benzene rings is 2. The zero-order chi connectivity index (χ0) is 23.5. The van der Waals surface area contributed by atoms with Gasteiger partial charge in [0.1, 0.15) is 17.5 Å². The minimum atomic E-state index is -0.386. The molecule has 0 aliphatic heterocycles. The Morgan fingerprint density at radius 1 is 1.09 bits per heavy atom. The van der Waals surface area contributed by atoms with Crippen molar-refractivity contribution in [3.8, 4) is 11.3 Å². The van der Waals surface area contributed by atoms with Crippen LogP contribution in [0.15, 0.2) is 82.5 Å². The van der Waals surface area contributed by atoms with E-state index in [2.05, 4.69) is 20.6 Å². The molecule has 9 nitrogen and oxygen atoms in total. The standard InChI is InChI=1S/C24H19FN6O3/c25-19-9-5-4-8-17(19)14-30-15-27-22-18(24(30)33)13-28-31(22)11-10-26-23(32)20-12-21(34-29-20)16-6-2-1-3-7-16/h1-9,12-13,15H,10-11,14H2,(H,26,32). The van der Waals surface area contributed by atoms with E-state index in [0.29, 0.717) is 28.9 Å². The number of amides is 1. The van der Waals surface area contributed by atoms with Gasteiger partial charge in [-0.15, -0.1) is 0 Å². The molecule has 170 valence electrons. The number of carbonyl (C=O) groups excluding carboxylic acids is 1. The Hall–Kier alpha value is -4.60. The topological polar surface area (TPSA) is 108 Å². The highest BCUT2D eigenvalue weighted by Gasteiger charge is 2.15. The molecule has 0 aliphatic rings. The molecule has 0 fully saturated rings. The van der Waals surface area contributed by atoms with Crippen molar-refractivity contribution < 1.29 is 13.7 Å². The lowest BCUT2D eigenvalue weighted by Gasteiger charge is -2.07. The molecule has 0 saturated heterocycles. The minimum Gasteiger partial charge on any atom is -0.355 e. The van der Waals surface area contributed by atoms with Crippen LogP contribution in [-0.2, 0) is 13.1 Å². The van der Waals surface area contributed by atoms with Crippen LogP contribution in [0.2, 0.25) is 0 Å². The van der Waals surface area contributed by atoms with Crippen LogP contribution in [0.4, 0.5) is 4.39 Å². The average Bonchev–Trinajstić information content (AvgIpc) is 3.51. The van der Waals surface area contributed by atoms with Gasteiger partial charge < -0.3 is 9.84 Å². The van der Waals surface area contributed by atoms with Crippen molar-refractivity contribution in [1.82, 2.24) is 29.8 Å². The molecule has 34 heavy (non-hydrogen) atoms. The summed E-state index contributed by atoms with van der Waals surface area (Å²) in [6.45, 7) is 0.601. The number of nitrogens with zero attached hydrogens (tertiary/aromatic N) is 5. The Morgan fingerprint density at radius 3 is 2.71 bits per heavy atom. The third-order valence-corrected chi connectivity index (χ3v) is 5.33. The van der Waals surface area contributed by atoms with E-state index < -0.39 is 0 Å². The van der Waals surface area contributed by atoms with E-state index in [0.717, 1.165) is 5.56 Å². The SMILES string of the molecule is O=C(NCCn1ncc2c(=O)n(Cc3ccccc3F)cnc21)c1cc(-c2ccccc2)on1. The summed E-state index contributed by atoms with van der Waals surface area (Å²) in [5, 5.41) is 11.1. The Kier molecular flexibility index (Phi) is 5.69. The van der Waals surface area contributed by atoms with Crippen LogP contribution in [0.3, 0.4) is 0 Å². The number of carbonyl (C=O) groups is 1. The fourth-order valence-electron chi connectivity index (χ4n) is 3.57. The van der Waals surface area contributed by atoms with E-state index >= 15 is 0 Å². The lowest BCUT2D eigenvalue weighted by molar-refractivity contribution is 0.0943. The number of aromatic nitrogens is 5. The van der Waals surface area contributed by atoms with Crippen LogP contribution in [-0.4, -0.2) is 36.9 Å². The van der Waals surface area contributed by atoms with Crippen LogP contribution in [0.1, 0.15) is 16.1 Å². The lowest BCUT2D eigenvalue weighted by Crippen LogP contribution is -2.28. The van der Waals surface area contributed by atoms with E-state index in [9.17, 15) is 14.0 Å². The van der Waals surface area contributed by atoms with E-state index in [1.54, 1.807) is 24.3 Å². The molecular formula is C24H19FN6O3. The summed E-state index contributed by atoms with van der Waals surface area (Å²) in [6.07, 6.45) is 2.79. The molecule has 0 saturated carbocycles. The summed E-state index contributed by atoms with van der Waals surface area (Å²) >= 11 is 0. The van der Waals surface area contributed by atoms with Crippen molar-refractivity contribution >= 4 is 16.9 Å². The molecule has 0 bridgehead atoms. The van der Waals surface area contributed by atoms with Crippen molar-refractivity contribution in [2.45, 2.75) is 13.1 Å². The van der Waals surface area contributed by atoms with Crippen LogP contribution in [0, 0.1) is 5.82 Å². The average molecular weight is 458 g/mol. The smallest absolute Gasteiger partial charge is 0.273 e. The van der Waals surface area contributed by atoms with Crippen molar-refractivity contribution in [3.05, 3.63) is 101 Å². The summed E-state index contributed by atoms with van der Waals surface area (Å²) in [5.74, 6) is -0.272. The summed E-state index contributed by atoms with van der Waals surface area (Å²) in [4.78, 5) is 29.5. The van der Waals surface area contributed by atoms with Crippen LogP contribution in [0.5, 0.6) is 0 Å². The molecule has 0 aliphatic carbocycles. The first kappa shape index (κ1) is 21.3. The van der Waals surface area contributed by atoms with Crippen molar-refractivity contribution in [1.29, 1.82) is 0 Å². The van der Waals surface area contributed by atoms with Gasteiger partial charge in [-0.3, -0.25) is 14.2 Å². The van der Waals surface area contributed by atoms with Gasteiger partial charge in [0.2, 0.25) is 0 Å². The fourth-order valence-corrected chi connectivity index (χ4v) is 3.57. The summed E-state index contributed by atoms with van der Waals surface area (Å²) in [6, 6.07) is 17.2. The van der Waals surface area contributed by atoms with Crippen molar-refractivity contribution in [2.24, 2.45) is 0 Å². The third kappa shape index (κ3) is 4.20. The number of nitrogens with one attached hydrogen (secondary N) is 1. The maximum atomic E-state index is 13.9. The van der Waals surface area contributed by atoms with E-state index in [1.807, 2.05) is 30.3 Å². The number of fused-ring (bicyclic) bond motifs is 1. The molecule has 1 N–H and O–H groups in total. The highest BCUT2D eigenvalue weighted by molar-refractivity contribution is 5.93. The zero-order valence-corrected chi connectivity index (χ0v) is 17.9. The van der Waals surface area contributed by atoms with Gasteiger partial charge in [-0.2, -0.15) is 5.10 Å². The summed E-state index contributed by atoms with van der Waals surface area (Å²) in [5.41, 5.74) is 1.45. The highest BCUT2D eigenvalue weighted by Crippen LogP contribution is 2.19. The lowest BCUT2D eigenvalue weighted by atomic mass is 10.1. The zero-order valence-electron chi connectivity index (χ0n) is 17.9. The molecule has 3 aromatic heterocycles. The highest BCUT2D eigenvalue weighted by atomic mass is 19.1. The van der Waals surface area contributed by atoms with Gasteiger partial charge >= 0.3 is 0 Å². The van der Waals surface area contributed by atoms with Crippen LogP contribution in [0.25, 0.3) is 22.4 Å². The second-order valence-corrected chi connectivity index (χ2v) is 7.57. The normalized spacial score (nSPS) is 11.1. The Labute approximate surface area is 192 Å². The number of hydrogen-bond acceptors (Lipinski definition) is 6. The van der Waals surface area contributed by atoms with Crippen LogP contribution >= 0.6 is 0 Å². The number of halogens is 1. The van der Waals surface area contributed by atoms with Gasteiger partial charge in [0.15, 0.2) is 17.1 Å². The van der Waals surface area contributed by atoms with E-state index in [1.165, 1.54) is 27.8 Å². The quantitative estimate of drug-likeness (QED) is 0.402. The predicted octanol–water partition coefficient (Wildman–Crippen LogP) is 2.87. The maximum absolute atomic E-state index is 13.9. The third-order valence-electron chi connectivity index (χ3n) is 5.33. The molecule has 5 aromatic rings. The molecule has 0 atom stereocenters. The molecule has 0 unspecified atom stereocenters. The molecule has 3 heterocycles. The second-order valence-electron chi connectivity index (χ2n) is 7.57. The number of hydrogen-bond donors (Lipinski definition) is 1. The first-order chi connectivity index (χ1) is 16.6. The monoisotopic (exact) mass is 458 g/mol. The molecule has 2 aromatic carbocycles. The van der Waals surface area contributed by atoms with Gasteiger partial charge in [-0.1, -0.05) is 53.7 Å². The largest absolute Gasteiger partial charge is 0.355 e. The van der Waals surface area contributed by atoms with E-state index in [-0.39, 0.29) is 36.1 Å². The predicted molar refractivity (Wildman–Crippen MR) is 122 cm³/mol. The van der Waals surface area contributed by atoms with Gasteiger partial charge in [-0.25, -0.2) is 14.1 Å². The van der Waals surface area contributed by atoms with Crippen LogP contribution < -0.4 is 10.9 Å². The van der Waals surface area contributed by atoms with Gasteiger partial charge in [-0.05, 0) is 6.07 Å². The summed E-state index contributed by atoms with van der Waals surface area (Å²) in [7, 11) is 0. The number of rotatable bonds is 7. The second kappa shape index (κ2) is 9.10. The Balaban J connectivity index is 1.25. The first-order valence-corrected chi connectivity index (χ1v) is 10.5. The molecule has 5 rings (SSSR count). The Bertz CT molecular complexity index is 1520. The molecule has 0 radical (unpaired) electrons. The fraction of sp³-hybridized carbons (Fsp3) is 0.125. The Morgan fingerprint density at radius 2 is 1.88 bits per heavy atom. The first-order valence-electron chi connectivity index (χ1n) is 10.5. The van der Waals surface area contributed by atoms with E-state index in [4.69, 9.17) is 4.52 Å². The summed E-state index contributed by atoms with van der Waals surface area (Å²) < 4.78 is 22.1. The molecule has 0 spiro atoms. The van der Waals surface area contributed by atoms with Gasteiger partial charge in [0.25, 0.3) is 11.5 Å². The molecular weight excluding hydrogens is 439 g/mol. The maximum Gasteiger partial charge on any atom is 0.273 e. The molecule has 1 amide bonds. The molecule has 10 heteroatoms. The van der Waals surface area contributed by atoms with Crippen molar-refractivity contribution in [3.63, 3.8) is 0 Å².